The third kappa shape index (κ3) is 5.20. The molecule has 0 N–H and O–H groups in total. The predicted molar refractivity (Wildman–Crippen MR) is 157 cm³/mol. The average molecular weight is 517 g/mol. The number of thioether (sulfide) groups is 1. The third-order valence-corrected chi connectivity index (χ3v) is 8.26. The first-order valence-electron chi connectivity index (χ1n) is 13.1. The van der Waals surface area contributed by atoms with Gasteiger partial charge in [-0.3, -0.25) is 9.69 Å². The van der Waals surface area contributed by atoms with Gasteiger partial charge in [0.25, 0.3) is 5.91 Å². The Hall–Kier alpha value is -3.03. The molecule has 2 aromatic carbocycles. The maximum Gasteiger partial charge on any atom is 0.266 e. The molecule has 0 spiro atoms. The van der Waals surface area contributed by atoms with Gasteiger partial charge < -0.3 is 14.5 Å². The van der Waals surface area contributed by atoms with E-state index in [0.29, 0.717) is 10.1 Å². The standard InChI is InChI=1S/C30H36N4O2S/c1-6-13-34-26-12-7-22(18-25(26)21(2)20-30(34,3)4)19-27-28(35)32(5)29(37-27)31-23-8-10-24(11-9-23)33-14-16-36-17-15-33/h7-12,18-20H,6,13-17H2,1-5H3/b27-19+,31-29?. The highest BCUT2D eigenvalue weighted by Gasteiger charge is 2.32. The highest BCUT2D eigenvalue weighted by atomic mass is 32.2. The number of anilines is 2. The quantitative estimate of drug-likeness (QED) is 0.445. The van der Waals surface area contributed by atoms with Gasteiger partial charge in [-0.2, -0.15) is 0 Å². The van der Waals surface area contributed by atoms with Crippen molar-refractivity contribution >= 4 is 51.5 Å². The Bertz CT molecular complexity index is 1270. The van der Waals surface area contributed by atoms with Gasteiger partial charge in [0.2, 0.25) is 0 Å². The van der Waals surface area contributed by atoms with Crippen molar-refractivity contribution in [2.75, 3.05) is 49.7 Å². The lowest BCUT2D eigenvalue weighted by Crippen LogP contribution is -2.45. The summed E-state index contributed by atoms with van der Waals surface area (Å²) in [5.74, 6) is -0.0209. The first kappa shape index (κ1) is 25.6. The molecule has 3 aliphatic rings. The molecule has 1 amide bonds. The van der Waals surface area contributed by atoms with E-state index >= 15 is 0 Å². The Morgan fingerprint density at radius 1 is 1.11 bits per heavy atom. The average Bonchev–Trinajstić information content (AvgIpc) is 3.15. The van der Waals surface area contributed by atoms with Crippen molar-refractivity contribution < 1.29 is 9.53 Å². The summed E-state index contributed by atoms with van der Waals surface area (Å²) in [5.41, 5.74) is 6.81. The number of benzene rings is 2. The maximum absolute atomic E-state index is 13.1. The fourth-order valence-electron chi connectivity index (χ4n) is 5.30. The minimum atomic E-state index is -0.0209. The van der Waals surface area contributed by atoms with Crippen molar-refractivity contribution in [1.29, 1.82) is 0 Å². The Morgan fingerprint density at radius 2 is 1.84 bits per heavy atom. The van der Waals surface area contributed by atoms with Crippen LogP contribution in [0.1, 0.15) is 45.2 Å². The fraction of sp³-hybridized carbons (Fsp3) is 0.400. The minimum absolute atomic E-state index is 0.0151. The first-order chi connectivity index (χ1) is 17.8. The Balaban J connectivity index is 1.37. The molecule has 2 saturated heterocycles. The summed E-state index contributed by atoms with van der Waals surface area (Å²) >= 11 is 1.43. The summed E-state index contributed by atoms with van der Waals surface area (Å²) in [4.78, 5) is 25.0. The maximum atomic E-state index is 13.1. The molecular weight excluding hydrogens is 480 g/mol. The molecule has 0 atom stereocenters. The van der Waals surface area contributed by atoms with Crippen molar-refractivity contribution in [2.24, 2.45) is 4.99 Å². The van der Waals surface area contributed by atoms with Crippen molar-refractivity contribution in [3.8, 4) is 0 Å². The van der Waals surface area contributed by atoms with E-state index in [9.17, 15) is 4.79 Å². The molecule has 0 radical (unpaired) electrons. The van der Waals surface area contributed by atoms with Gasteiger partial charge in [-0.05, 0) is 92.6 Å². The van der Waals surface area contributed by atoms with Crippen molar-refractivity contribution in [1.82, 2.24) is 4.90 Å². The molecular formula is C30H36N4O2S. The number of rotatable bonds is 5. The van der Waals surface area contributed by atoms with E-state index in [0.717, 1.165) is 50.5 Å². The van der Waals surface area contributed by atoms with Gasteiger partial charge in [-0.15, -0.1) is 0 Å². The highest BCUT2D eigenvalue weighted by molar-refractivity contribution is 8.18. The molecule has 0 aromatic heterocycles. The number of morpholine rings is 1. The van der Waals surface area contributed by atoms with Gasteiger partial charge >= 0.3 is 0 Å². The van der Waals surface area contributed by atoms with Gasteiger partial charge in [0, 0.05) is 43.6 Å². The normalized spacial score (nSPS) is 21.6. The molecule has 0 aliphatic carbocycles. The van der Waals surface area contributed by atoms with Crippen molar-refractivity contribution in [2.45, 2.75) is 39.7 Å². The number of likely N-dealkylation sites (N-methyl/N-ethyl adjacent to an activating group) is 1. The summed E-state index contributed by atoms with van der Waals surface area (Å²) in [6.07, 6.45) is 5.43. The number of allylic oxidation sites excluding steroid dienone is 1. The fourth-order valence-corrected chi connectivity index (χ4v) is 6.28. The number of fused-ring (bicyclic) bond motifs is 1. The summed E-state index contributed by atoms with van der Waals surface area (Å²) < 4.78 is 5.45. The summed E-state index contributed by atoms with van der Waals surface area (Å²) in [6, 6.07) is 14.7. The van der Waals surface area contributed by atoms with Crippen LogP contribution in [0.15, 0.2) is 58.4 Å². The zero-order valence-electron chi connectivity index (χ0n) is 22.5. The second kappa shape index (κ2) is 10.4. The SMILES string of the molecule is CCCN1c2ccc(/C=C3/SC(=Nc4ccc(N5CCOCC5)cc4)N(C)C3=O)cc2C(C)=CC1(C)C. The summed E-state index contributed by atoms with van der Waals surface area (Å²) in [5, 5.41) is 0.695. The number of carbonyl (C=O) groups is 1. The van der Waals surface area contributed by atoms with Crippen LogP contribution in [0.3, 0.4) is 0 Å². The second-order valence-electron chi connectivity index (χ2n) is 10.4. The Labute approximate surface area is 224 Å². The zero-order valence-corrected chi connectivity index (χ0v) is 23.3. The van der Waals surface area contributed by atoms with Gasteiger partial charge in [-0.25, -0.2) is 4.99 Å². The van der Waals surface area contributed by atoms with E-state index in [-0.39, 0.29) is 11.4 Å². The summed E-state index contributed by atoms with van der Waals surface area (Å²) in [7, 11) is 1.79. The zero-order chi connectivity index (χ0) is 26.2. The molecule has 7 heteroatoms. The van der Waals surface area contributed by atoms with E-state index in [1.807, 2.05) is 18.2 Å². The van der Waals surface area contributed by atoms with Crippen LogP contribution < -0.4 is 9.80 Å². The lowest BCUT2D eigenvalue weighted by atomic mass is 9.88. The van der Waals surface area contributed by atoms with E-state index in [1.165, 1.54) is 34.3 Å². The number of carbonyl (C=O) groups excluding carboxylic acids is 1. The summed E-state index contributed by atoms with van der Waals surface area (Å²) in [6.45, 7) is 13.3. The predicted octanol–water partition coefficient (Wildman–Crippen LogP) is 6.17. The highest BCUT2D eigenvalue weighted by Crippen LogP contribution is 2.40. The van der Waals surface area contributed by atoms with E-state index < -0.39 is 0 Å². The molecule has 6 nitrogen and oxygen atoms in total. The van der Waals surface area contributed by atoms with Crippen LogP contribution in [0.5, 0.6) is 0 Å². The van der Waals surface area contributed by atoms with Crippen LogP contribution in [0, 0.1) is 0 Å². The molecule has 3 heterocycles. The molecule has 2 fully saturated rings. The second-order valence-corrected chi connectivity index (χ2v) is 11.4. The number of amides is 1. The van der Waals surface area contributed by atoms with Crippen LogP contribution in [-0.2, 0) is 9.53 Å². The molecule has 194 valence electrons. The van der Waals surface area contributed by atoms with Crippen LogP contribution in [0.2, 0.25) is 0 Å². The van der Waals surface area contributed by atoms with Crippen LogP contribution >= 0.6 is 11.8 Å². The first-order valence-corrected chi connectivity index (χ1v) is 13.9. The molecule has 3 aliphatic heterocycles. The van der Waals surface area contributed by atoms with E-state index in [1.54, 1.807) is 11.9 Å². The lowest BCUT2D eigenvalue weighted by molar-refractivity contribution is -0.121. The van der Waals surface area contributed by atoms with Gasteiger partial charge in [0.05, 0.1) is 29.3 Å². The molecule has 37 heavy (non-hydrogen) atoms. The number of amidine groups is 1. The number of aliphatic imine (C=N–C) groups is 1. The number of hydrogen-bond donors (Lipinski definition) is 0. The molecule has 2 aromatic rings. The van der Waals surface area contributed by atoms with E-state index in [4.69, 9.17) is 9.73 Å². The monoisotopic (exact) mass is 516 g/mol. The molecule has 0 unspecified atom stereocenters. The number of hydrogen-bond acceptors (Lipinski definition) is 6. The Kier molecular flexibility index (Phi) is 7.19. The van der Waals surface area contributed by atoms with Crippen molar-refractivity contribution in [3.63, 3.8) is 0 Å². The van der Waals surface area contributed by atoms with Crippen molar-refractivity contribution in [3.05, 3.63) is 64.6 Å². The molecule has 5 rings (SSSR count). The largest absolute Gasteiger partial charge is 0.378 e. The van der Waals surface area contributed by atoms with E-state index in [2.05, 4.69) is 73.9 Å². The lowest BCUT2D eigenvalue weighted by Gasteiger charge is -2.43. The number of nitrogens with zero attached hydrogens (tertiary/aromatic N) is 4. The van der Waals surface area contributed by atoms with Crippen LogP contribution in [0.4, 0.5) is 17.1 Å². The Morgan fingerprint density at radius 3 is 2.54 bits per heavy atom. The van der Waals surface area contributed by atoms with Crippen LogP contribution in [-0.4, -0.2) is 61.4 Å². The number of ether oxygens (including phenoxy) is 1. The van der Waals surface area contributed by atoms with Gasteiger partial charge in [0.1, 0.15) is 0 Å². The smallest absolute Gasteiger partial charge is 0.266 e. The molecule has 0 bridgehead atoms. The topological polar surface area (TPSA) is 48.4 Å². The third-order valence-electron chi connectivity index (χ3n) is 7.20. The van der Waals surface area contributed by atoms with Crippen LogP contribution in [0.25, 0.3) is 11.6 Å². The minimum Gasteiger partial charge on any atom is -0.378 e. The van der Waals surface area contributed by atoms with Gasteiger partial charge in [-0.1, -0.05) is 19.1 Å². The molecule has 0 saturated carbocycles. The van der Waals surface area contributed by atoms with Gasteiger partial charge in [0.15, 0.2) is 5.17 Å².